The van der Waals surface area contributed by atoms with E-state index in [0.29, 0.717) is 18.2 Å². The molecule has 1 aliphatic rings. The van der Waals surface area contributed by atoms with Gasteiger partial charge in [0, 0.05) is 16.9 Å². The van der Waals surface area contributed by atoms with Crippen molar-refractivity contribution in [3.8, 4) is 12.1 Å². The molecule has 1 atom stereocenters. The maximum Gasteiger partial charge on any atom is 0.411 e. The molecule has 31 heavy (non-hydrogen) atoms. The minimum atomic E-state index is -0.476. The fourth-order valence-corrected chi connectivity index (χ4v) is 4.18. The van der Waals surface area contributed by atoms with Gasteiger partial charge < -0.3 is 9.64 Å². The van der Waals surface area contributed by atoms with Crippen molar-refractivity contribution < 1.29 is 9.53 Å². The number of benzene rings is 2. The molecule has 0 saturated carbocycles. The summed E-state index contributed by atoms with van der Waals surface area (Å²) in [7, 11) is 0. The molecule has 1 unspecified atom stereocenters. The summed E-state index contributed by atoms with van der Waals surface area (Å²) in [5.74, 6) is 0.324. The van der Waals surface area contributed by atoms with Gasteiger partial charge in [0.25, 0.3) is 0 Å². The molecule has 0 radical (unpaired) electrons. The van der Waals surface area contributed by atoms with E-state index in [1.165, 1.54) is 0 Å². The summed E-state index contributed by atoms with van der Waals surface area (Å²) < 4.78 is 5.42. The molecule has 3 rings (SSSR count). The maximum absolute atomic E-state index is 12.1. The predicted molar refractivity (Wildman–Crippen MR) is 122 cm³/mol. The van der Waals surface area contributed by atoms with E-state index < -0.39 is 6.09 Å². The summed E-state index contributed by atoms with van der Waals surface area (Å²) in [5, 5.41) is 20.8. The third-order valence-corrected chi connectivity index (χ3v) is 5.53. The molecule has 0 bridgehead atoms. The van der Waals surface area contributed by atoms with Gasteiger partial charge in [-0.2, -0.15) is 10.5 Å². The van der Waals surface area contributed by atoms with Crippen LogP contribution in [0.1, 0.15) is 44.2 Å². The van der Waals surface area contributed by atoms with Crippen molar-refractivity contribution in [2.45, 2.75) is 38.6 Å². The average Bonchev–Trinajstić information content (AvgIpc) is 2.74. The van der Waals surface area contributed by atoms with Crippen LogP contribution in [0.5, 0.6) is 0 Å². The number of para-hydroxylation sites is 1. The first-order valence-electron chi connectivity index (χ1n) is 10.3. The first-order chi connectivity index (χ1) is 14.8. The third-order valence-electron chi connectivity index (χ3n) is 5.53. The van der Waals surface area contributed by atoms with Crippen LogP contribution < -0.4 is 10.2 Å². The number of fused-ring (bicyclic) bond motifs is 1. The van der Waals surface area contributed by atoms with Crippen molar-refractivity contribution in [2.24, 2.45) is 0 Å². The molecule has 6 nitrogen and oxygen atoms in total. The number of hydrogen-bond donors (Lipinski definition) is 1. The van der Waals surface area contributed by atoms with Gasteiger partial charge in [-0.15, -0.1) is 0 Å². The van der Waals surface area contributed by atoms with Gasteiger partial charge in [0.05, 0.1) is 6.54 Å². The average molecular weight is 415 g/mol. The van der Waals surface area contributed by atoms with Crippen LogP contribution >= 0.6 is 0 Å². The fourth-order valence-electron chi connectivity index (χ4n) is 4.18. The van der Waals surface area contributed by atoms with Crippen LogP contribution in [-0.4, -0.2) is 24.8 Å². The van der Waals surface area contributed by atoms with Crippen LogP contribution in [-0.2, 0) is 4.74 Å². The van der Waals surface area contributed by atoms with E-state index in [4.69, 9.17) is 15.3 Å². The number of hydrogen-bond acceptors (Lipinski definition) is 5. The standard InChI is InChI=1S/C25H26N4O2/c1-18-15-25(2,3)29(11-12-31-24(30)28-21-7-5-4-6-8-21)23-10-9-19(14-22(18)23)13-20(16-26)17-27/h4-10,13-14,18H,11-12,15H2,1-3H3,(H,28,30). The van der Waals surface area contributed by atoms with Crippen LogP contribution in [0.15, 0.2) is 54.1 Å². The fraction of sp³-hybridized carbons (Fsp3) is 0.320. The van der Waals surface area contributed by atoms with Crippen LogP contribution in [0.25, 0.3) is 6.08 Å². The normalized spacial score (nSPS) is 16.3. The van der Waals surface area contributed by atoms with Crippen LogP contribution in [0.3, 0.4) is 0 Å². The lowest BCUT2D eigenvalue weighted by Gasteiger charge is -2.47. The minimum Gasteiger partial charge on any atom is -0.447 e. The largest absolute Gasteiger partial charge is 0.447 e. The number of ether oxygens (including phenoxy) is 1. The number of rotatable bonds is 5. The summed E-state index contributed by atoms with van der Waals surface area (Å²) in [6.07, 6.45) is 2.07. The smallest absolute Gasteiger partial charge is 0.411 e. The highest BCUT2D eigenvalue weighted by atomic mass is 16.5. The Hall–Kier alpha value is -3.77. The van der Waals surface area contributed by atoms with Crippen LogP contribution in [0.2, 0.25) is 0 Å². The van der Waals surface area contributed by atoms with E-state index in [1.54, 1.807) is 6.08 Å². The van der Waals surface area contributed by atoms with Gasteiger partial charge in [-0.3, -0.25) is 5.32 Å². The first kappa shape index (κ1) is 21.9. The molecule has 1 amide bonds. The Labute approximate surface area is 183 Å². The highest BCUT2D eigenvalue weighted by Gasteiger charge is 2.36. The van der Waals surface area contributed by atoms with E-state index in [0.717, 1.165) is 23.2 Å². The SMILES string of the molecule is CC1CC(C)(C)N(CCOC(=O)Nc2ccccc2)c2ccc(C=C(C#N)C#N)cc21. The number of nitriles is 2. The quantitative estimate of drug-likeness (QED) is 0.656. The Morgan fingerprint density at radius 3 is 2.61 bits per heavy atom. The van der Waals surface area contributed by atoms with Crippen molar-refractivity contribution in [3.05, 3.63) is 65.2 Å². The molecule has 0 aliphatic carbocycles. The van der Waals surface area contributed by atoms with Crippen molar-refractivity contribution >= 4 is 23.5 Å². The monoisotopic (exact) mass is 414 g/mol. The lowest BCUT2D eigenvalue weighted by Crippen LogP contribution is -2.50. The number of anilines is 2. The Bertz CT molecular complexity index is 1050. The lowest BCUT2D eigenvalue weighted by molar-refractivity contribution is 0.161. The van der Waals surface area contributed by atoms with Crippen molar-refractivity contribution in [3.63, 3.8) is 0 Å². The van der Waals surface area contributed by atoms with E-state index in [9.17, 15) is 4.79 Å². The molecule has 1 heterocycles. The van der Waals surface area contributed by atoms with Crippen molar-refractivity contribution in [2.75, 3.05) is 23.4 Å². The summed E-state index contributed by atoms with van der Waals surface area (Å²) in [5.41, 5.74) is 3.76. The third kappa shape index (κ3) is 5.24. The molecule has 0 fully saturated rings. The topological polar surface area (TPSA) is 89.2 Å². The zero-order chi connectivity index (χ0) is 22.4. The first-order valence-corrected chi connectivity index (χ1v) is 10.3. The van der Waals surface area contributed by atoms with Gasteiger partial charge in [-0.25, -0.2) is 4.79 Å². The predicted octanol–water partition coefficient (Wildman–Crippen LogP) is 5.46. The molecule has 0 saturated heterocycles. The highest BCUT2D eigenvalue weighted by Crippen LogP contribution is 2.43. The van der Waals surface area contributed by atoms with Crippen LogP contribution in [0, 0.1) is 22.7 Å². The van der Waals surface area contributed by atoms with E-state index in [-0.39, 0.29) is 17.7 Å². The maximum atomic E-state index is 12.1. The number of allylic oxidation sites excluding steroid dienone is 1. The lowest BCUT2D eigenvalue weighted by atomic mass is 9.79. The van der Waals surface area contributed by atoms with Gasteiger partial charge in [0.15, 0.2) is 0 Å². The molecular weight excluding hydrogens is 388 g/mol. The molecule has 1 N–H and O–H groups in total. The van der Waals surface area contributed by atoms with Gasteiger partial charge in [-0.05, 0) is 67.7 Å². The van der Waals surface area contributed by atoms with Gasteiger partial charge >= 0.3 is 6.09 Å². The van der Waals surface area contributed by atoms with E-state index >= 15 is 0 Å². The van der Waals surface area contributed by atoms with Crippen molar-refractivity contribution in [1.82, 2.24) is 0 Å². The molecular formula is C25H26N4O2. The summed E-state index contributed by atoms with van der Waals surface area (Å²) >= 11 is 0. The summed E-state index contributed by atoms with van der Waals surface area (Å²) in [4.78, 5) is 14.4. The number of carbonyl (C=O) groups is 1. The zero-order valence-corrected chi connectivity index (χ0v) is 18.1. The Morgan fingerprint density at radius 2 is 1.94 bits per heavy atom. The molecule has 1 aliphatic heterocycles. The number of nitrogens with one attached hydrogen (secondary N) is 1. The van der Waals surface area contributed by atoms with Gasteiger partial charge in [0.2, 0.25) is 0 Å². The van der Waals surface area contributed by atoms with Crippen molar-refractivity contribution in [1.29, 1.82) is 10.5 Å². The Kier molecular flexibility index (Phi) is 6.62. The molecule has 2 aromatic carbocycles. The zero-order valence-electron chi connectivity index (χ0n) is 18.1. The minimum absolute atomic E-state index is 0.0819. The summed E-state index contributed by atoms with van der Waals surface area (Å²) in [6, 6.07) is 19.0. The van der Waals surface area contributed by atoms with E-state index in [2.05, 4.69) is 31.0 Å². The Morgan fingerprint density at radius 1 is 1.23 bits per heavy atom. The Balaban J connectivity index is 1.74. The van der Waals surface area contributed by atoms with Gasteiger partial charge in [-0.1, -0.05) is 31.2 Å². The number of nitrogens with zero attached hydrogens (tertiary/aromatic N) is 3. The second-order valence-electron chi connectivity index (χ2n) is 8.30. The number of amides is 1. The number of carbonyl (C=O) groups excluding carboxylic acids is 1. The van der Waals surface area contributed by atoms with Crippen LogP contribution in [0.4, 0.5) is 16.2 Å². The summed E-state index contributed by atoms with van der Waals surface area (Å²) in [6.45, 7) is 7.38. The molecule has 0 aromatic heterocycles. The second kappa shape index (κ2) is 9.36. The second-order valence-corrected chi connectivity index (χ2v) is 8.30. The van der Waals surface area contributed by atoms with Gasteiger partial charge in [0.1, 0.15) is 24.3 Å². The molecule has 158 valence electrons. The molecule has 2 aromatic rings. The van der Waals surface area contributed by atoms with E-state index in [1.807, 2.05) is 60.7 Å². The molecule has 6 heteroatoms. The highest BCUT2D eigenvalue weighted by molar-refractivity contribution is 5.84. The molecule has 0 spiro atoms.